The van der Waals surface area contributed by atoms with Crippen LogP contribution in [0.5, 0.6) is 0 Å². The molecule has 2 heterocycles. The van der Waals surface area contributed by atoms with E-state index in [1.807, 2.05) is 127 Å². The maximum Gasteiger partial charge on any atom is 0.233 e. The molecule has 13 nitrogen and oxygen atoms in total. The lowest BCUT2D eigenvalue weighted by Crippen LogP contribution is -2.08. The van der Waals surface area contributed by atoms with Gasteiger partial charge in [-0.25, -0.2) is 0 Å². The number of aromatic nitrogens is 6. The number of anilines is 12. The van der Waals surface area contributed by atoms with Gasteiger partial charge in [-0.3, -0.25) is 0 Å². The number of hydrogen-bond acceptors (Lipinski definition) is 14. The molecule has 0 aliphatic heterocycles. The molecule has 7 N–H and O–H groups in total. The average molecular weight is 679 g/mol. The summed E-state index contributed by atoms with van der Waals surface area (Å²) in [5.41, 5.74) is 4.49. The summed E-state index contributed by atoms with van der Waals surface area (Å²) < 4.78 is 10.3. The molecule has 0 aliphatic carbocycles. The van der Waals surface area contributed by atoms with Gasteiger partial charge in [-0.05, 0) is 66.7 Å². The minimum Gasteiger partial charge on any atom is -0.325 e. The molecule has 0 spiro atoms. The van der Waals surface area contributed by atoms with Gasteiger partial charge in [0.15, 0.2) is 0 Å². The van der Waals surface area contributed by atoms with E-state index >= 15 is 0 Å². The molecule has 0 fully saturated rings. The molecule has 0 saturated carbocycles. The van der Waals surface area contributed by atoms with Crippen molar-refractivity contribution in [3.8, 4) is 0 Å². The zero-order chi connectivity index (χ0) is 34.0. The van der Waals surface area contributed by atoms with Gasteiger partial charge in [0.2, 0.25) is 35.7 Å². The summed E-state index contributed by atoms with van der Waals surface area (Å²) in [5, 5.41) is 19.4. The van der Waals surface area contributed by atoms with Gasteiger partial charge < -0.3 is 36.5 Å². The van der Waals surface area contributed by atoms with Crippen molar-refractivity contribution >= 4 is 81.9 Å². The summed E-state index contributed by atoms with van der Waals surface area (Å²) in [6, 6.07) is 43.9. The van der Waals surface area contributed by atoms with Crippen molar-refractivity contribution in [3.63, 3.8) is 0 Å². The van der Waals surface area contributed by atoms with Crippen LogP contribution in [-0.2, 0) is 0 Å². The lowest BCUT2D eigenvalue weighted by atomic mass is 10.3. The molecular formula is C36H30N12OS. The Kier molecular flexibility index (Phi) is 9.81. The first-order chi connectivity index (χ1) is 24.6. The quantitative estimate of drug-likeness (QED) is 0.0576. The summed E-state index contributed by atoms with van der Waals surface area (Å²) in [6.45, 7) is 0. The minimum absolute atomic E-state index is 0.263. The van der Waals surface area contributed by atoms with Crippen LogP contribution >= 0.6 is 12.0 Å². The summed E-state index contributed by atoms with van der Waals surface area (Å²) in [5.74, 6) is 1.90. The van der Waals surface area contributed by atoms with E-state index in [1.165, 1.54) is 0 Å². The Morgan fingerprint density at radius 3 is 0.960 bits per heavy atom. The van der Waals surface area contributed by atoms with Crippen LogP contribution in [0.3, 0.4) is 0 Å². The first kappa shape index (κ1) is 31.8. The fourth-order valence-electron chi connectivity index (χ4n) is 4.72. The third kappa shape index (κ3) is 8.57. The SMILES string of the molecule is OSc1cc(Nc2nc(Nc3ccccc3)nc(Nc3ccccc3)n2)ccc1Nc1nc(Nc2ccccc2)nc(Nc2ccccc2)n1. The van der Waals surface area contributed by atoms with Gasteiger partial charge in [0.05, 0.1) is 10.6 Å². The second-order valence-electron chi connectivity index (χ2n) is 10.6. The predicted octanol–water partition coefficient (Wildman–Crippen LogP) is 9.08. The van der Waals surface area contributed by atoms with Gasteiger partial charge in [0, 0.05) is 40.5 Å². The molecule has 0 amide bonds. The van der Waals surface area contributed by atoms with E-state index in [0.717, 1.165) is 22.7 Å². The highest BCUT2D eigenvalue weighted by atomic mass is 32.2. The smallest absolute Gasteiger partial charge is 0.233 e. The minimum atomic E-state index is 0.263. The standard InChI is InChI=1S/C36H30N12OS/c49-50-30-23-28(41-35-45-31(37-24-13-5-1-6-14-24)43-32(46-35)38-25-15-7-2-8-16-25)21-22-29(30)42-36-47-33(39-26-17-9-3-10-18-26)44-34(48-36)40-27-19-11-4-12-20-27/h1-23,49H,(H3,37,38,41,43,45,46)(H3,39,40,42,44,47,48). The Balaban J connectivity index is 1.15. The van der Waals surface area contributed by atoms with Crippen LogP contribution in [0.4, 0.5) is 69.8 Å². The lowest BCUT2D eigenvalue weighted by molar-refractivity contribution is 0.664. The van der Waals surface area contributed by atoms with E-state index in [0.29, 0.717) is 52.1 Å². The number of benzene rings is 5. The van der Waals surface area contributed by atoms with Crippen LogP contribution in [0, 0.1) is 0 Å². The van der Waals surface area contributed by atoms with Gasteiger partial charge in [-0.2, -0.15) is 29.9 Å². The summed E-state index contributed by atoms with van der Waals surface area (Å²) in [7, 11) is 0. The van der Waals surface area contributed by atoms with E-state index < -0.39 is 0 Å². The van der Waals surface area contributed by atoms with Crippen molar-refractivity contribution in [1.29, 1.82) is 0 Å². The Morgan fingerprint density at radius 1 is 0.340 bits per heavy atom. The van der Waals surface area contributed by atoms with Crippen LogP contribution in [0.25, 0.3) is 0 Å². The van der Waals surface area contributed by atoms with Crippen LogP contribution in [0.15, 0.2) is 144 Å². The summed E-state index contributed by atoms with van der Waals surface area (Å²) in [4.78, 5) is 28.0. The largest absolute Gasteiger partial charge is 0.325 e. The topological polar surface area (TPSA) is 170 Å². The van der Waals surface area contributed by atoms with Crippen molar-refractivity contribution < 1.29 is 4.55 Å². The summed E-state index contributed by atoms with van der Waals surface area (Å²) >= 11 is 0.580. The highest BCUT2D eigenvalue weighted by Crippen LogP contribution is 2.32. The normalized spacial score (nSPS) is 10.6. The third-order valence-corrected chi connectivity index (χ3v) is 7.51. The molecule has 2 aromatic heterocycles. The van der Waals surface area contributed by atoms with E-state index in [1.54, 1.807) is 12.1 Å². The molecule has 0 aliphatic rings. The Morgan fingerprint density at radius 2 is 0.640 bits per heavy atom. The van der Waals surface area contributed by atoms with Gasteiger partial charge >= 0.3 is 0 Å². The van der Waals surface area contributed by atoms with Crippen LogP contribution in [0.1, 0.15) is 0 Å². The second-order valence-corrected chi connectivity index (χ2v) is 11.3. The van der Waals surface area contributed by atoms with Crippen molar-refractivity contribution in [2.75, 3.05) is 31.9 Å². The Bertz CT molecular complexity index is 2040. The molecule has 246 valence electrons. The average Bonchev–Trinajstić information content (AvgIpc) is 3.14. The molecule has 5 aromatic carbocycles. The van der Waals surface area contributed by atoms with E-state index in [-0.39, 0.29) is 11.9 Å². The van der Waals surface area contributed by atoms with Gasteiger partial charge in [-0.1, -0.05) is 72.8 Å². The van der Waals surface area contributed by atoms with Gasteiger partial charge in [0.25, 0.3) is 0 Å². The molecule has 0 bridgehead atoms. The predicted molar refractivity (Wildman–Crippen MR) is 200 cm³/mol. The van der Waals surface area contributed by atoms with Crippen molar-refractivity contribution in [1.82, 2.24) is 29.9 Å². The fourth-order valence-corrected chi connectivity index (χ4v) is 5.12. The zero-order valence-electron chi connectivity index (χ0n) is 26.3. The maximum absolute atomic E-state index is 10.3. The lowest BCUT2D eigenvalue weighted by Gasteiger charge is -2.14. The molecule has 7 aromatic rings. The number of para-hydroxylation sites is 4. The third-order valence-electron chi connectivity index (χ3n) is 6.97. The monoisotopic (exact) mass is 678 g/mol. The molecule has 50 heavy (non-hydrogen) atoms. The van der Waals surface area contributed by atoms with Crippen molar-refractivity contribution in [2.45, 2.75) is 4.90 Å². The van der Waals surface area contributed by atoms with Crippen LogP contribution in [0.2, 0.25) is 0 Å². The number of rotatable bonds is 13. The highest BCUT2D eigenvalue weighted by molar-refractivity contribution is 7.94. The first-order valence-electron chi connectivity index (χ1n) is 15.5. The molecule has 0 radical (unpaired) electrons. The number of nitrogens with zero attached hydrogens (tertiary/aromatic N) is 6. The highest BCUT2D eigenvalue weighted by Gasteiger charge is 2.13. The number of nitrogens with one attached hydrogen (secondary N) is 6. The van der Waals surface area contributed by atoms with Gasteiger partial charge in [0.1, 0.15) is 0 Å². The van der Waals surface area contributed by atoms with Crippen molar-refractivity contribution in [2.24, 2.45) is 0 Å². The molecule has 0 atom stereocenters. The van der Waals surface area contributed by atoms with E-state index in [4.69, 9.17) is 0 Å². The Hall–Kier alpha value is -6.77. The Labute approximate surface area is 292 Å². The fraction of sp³-hybridized carbons (Fsp3) is 0. The number of hydrogen-bond donors (Lipinski definition) is 7. The second kappa shape index (κ2) is 15.4. The maximum atomic E-state index is 10.3. The van der Waals surface area contributed by atoms with Crippen LogP contribution in [-0.4, -0.2) is 34.5 Å². The molecule has 14 heteroatoms. The molecule has 0 saturated heterocycles. The first-order valence-corrected chi connectivity index (χ1v) is 16.2. The van der Waals surface area contributed by atoms with E-state index in [9.17, 15) is 4.55 Å². The molecule has 0 unspecified atom stereocenters. The molecular weight excluding hydrogens is 649 g/mol. The van der Waals surface area contributed by atoms with Gasteiger partial charge in [-0.15, -0.1) is 0 Å². The zero-order valence-corrected chi connectivity index (χ0v) is 27.1. The van der Waals surface area contributed by atoms with Crippen LogP contribution < -0.4 is 31.9 Å². The van der Waals surface area contributed by atoms with Crippen molar-refractivity contribution in [3.05, 3.63) is 140 Å². The summed E-state index contributed by atoms with van der Waals surface area (Å²) in [6.07, 6.45) is 0. The molecule has 7 rings (SSSR count). The van der Waals surface area contributed by atoms with E-state index in [2.05, 4.69) is 61.8 Å².